The molecule has 0 spiro atoms. The molecule has 1 aromatic heterocycles. The Hall–Kier alpha value is -1.60. The average molecular weight is 364 g/mol. The fourth-order valence-electron chi connectivity index (χ4n) is 4.02. The van der Waals surface area contributed by atoms with Crippen LogP contribution in [-0.4, -0.2) is 72.9 Å². The Morgan fingerprint density at radius 3 is 2.54 bits per heavy atom. The van der Waals surface area contributed by atoms with Crippen LogP contribution in [-0.2, 0) is 11.3 Å². The highest BCUT2D eigenvalue weighted by Gasteiger charge is 2.58. The standard InChI is InChI=1S/C19H33N5O2/c1-14-11-15(22-26-14)13-23-7-9-24(10-8-23)17(20-5)21-16-12-19(4,25-6)18(16,2)3/h11,16H,7-10,12-13H2,1-6H3,(H,20,21). The summed E-state index contributed by atoms with van der Waals surface area (Å²) in [5.41, 5.74) is 1.01. The Kier molecular flexibility index (Phi) is 5.30. The maximum Gasteiger partial charge on any atom is 0.193 e. The van der Waals surface area contributed by atoms with E-state index in [1.807, 2.05) is 27.1 Å². The molecule has 1 saturated heterocycles. The van der Waals surface area contributed by atoms with Gasteiger partial charge < -0.3 is 19.5 Å². The molecule has 7 nitrogen and oxygen atoms in total. The van der Waals surface area contributed by atoms with E-state index in [0.717, 1.165) is 56.6 Å². The monoisotopic (exact) mass is 363 g/mol. The summed E-state index contributed by atoms with van der Waals surface area (Å²) in [7, 11) is 3.68. The molecule has 1 aliphatic heterocycles. The van der Waals surface area contributed by atoms with E-state index in [2.05, 4.69) is 46.0 Å². The van der Waals surface area contributed by atoms with Gasteiger partial charge in [-0.05, 0) is 20.3 Å². The zero-order valence-corrected chi connectivity index (χ0v) is 17.0. The smallest absolute Gasteiger partial charge is 0.193 e. The highest BCUT2D eigenvalue weighted by Crippen LogP contribution is 2.51. The molecule has 1 aromatic rings. The third-order valence-corrected chi connectivity index (χ3v) is 6.53. The van der Waals surface area contributed by atoms with Crippen molar-refractivity contribution in [1.82, 2.24) is 20.3 Å². The fourth-order valence-corrected chi connectivity index (χ4v) is 4.02. The van der Waals surface area contributed by atoms with Gasteiger partial charge in [0.25, 0.3) is 0 Å². The molecule has 146 valence electrons. The molecule has 2 fully saturated rings. The van der Waals surface area contributed by atoms with E-state index in [4.69, 9.17) is 9.26 Å². The molecule has 2 atom stereocenters. The van der Waals surface area contributed by atoms with Gasteiger partial charge in [0.15, 0.2) is 5.96 Å². The van der Waals surface area contributed by atoms with Crippen LogP contribution in [0.25, 0.3) is 0 Å². The molecule has 1 saturated carbocycles. The van der Waals surface area contributed by atoms with E-state index in [1.54, 1.807) is 0 Å². The predicted molar refractivity (Wildman–Crippen MR) is 102 cm³/mol. The van der Waals surface area contributed by atoms with Gasteiger partial charge in [0.05, 0.1) is 11.3 Å². The Balaban J connectivity index is 1.51. The molecule has 2 heterocycles. The first-order chi connectivity index (χ1) is 12.3. The molecule has 0 radical (unpaired) electrons. The highest BCUT2D eigenvalue weighted by atomic mass is 16.5. The van der Waals surface area contributed by atoms with Crippen LogP contribution in [0.2, 0.25) is 0 Å². The number of hydrogen-bond donors (Lipinski definition) is 1. The lowest BCUT2D eigenvalue weighted by molar-refractivity contribution is -0.177. The van der Waals surface area contributed by atoms with Crippen LogP contribution in [0, 0.1) is 12.3 Å². The van der Waals surface area contributed by atoms with Gasteiger partial charge in [-0.1, -0.05) is 19.0 Å². The number of piperazine rings is 1. The Labute approximate surface area is 156 Å². The molecule has 2 unspecified atom stereocenters. The minimum absolute atomic E-state index is 0.0715. The summed E-state index contributed by atoms with van der Waals surface area (Å²) in [6, 6.07) is 2.39. The largest absolute Gasteiger partial charge is 0.378 e. The first kappa shape index (κ1) is 19.2. The number of ether oxygens (including phenoxy) is 1. The average Bonchev–Trinajstić information content (AvgIpc) is 3.03. The van der Waals surface area contributed by atoms with E-state index >= 15 is 0 Å². The molecule has 3 rings (SSSR count). The maximum atomic E-state index is 5.74. The summed E-state index contributed by atoms with van der Waals surface area (Å²) in [6.07, 6.45) is 1.00. The SMILES string of the molecule is CN=C(NC1CC(C)(OC)C1(C)C)N1CCN(Cc2cc(C)on2)CC1. The van der Waals surface area contributed by atoms with Crippen molar-refractivity contribution in [1.29, 1.82) is 0 Å². The summed E-state index contributed by atoms with van der Waals surface area (Å²) < 4.78 is 10.9. The molecule has 0 amide bonds. The van der Waals surface area contributed by atoms with E-state index in [-0.39, 0.29) is 11.0 Å². The second kappa shape index (κ2) is 7.19. The molecular weight excluding hydrogens is 330 g/mol. The lowest BCUT2D eigenvalue weighted by Crippen LogP contribution is -2.70. The topological polar surface area (TPSA) is 66.1 Å². The lowest BCUT2D eigenvalue weighted by Gasteiger charge is -2.59. The van der Waals surface area contributed by atoms with E-state index in [9.17, 15) is 0 Å². The van der Waals surface area contributed by atoms with Gasteiger partial charge in [0, 0.05) is 64.4 Å². The molecule has 7 heteroatoms. The van der Waals surface area contributed by atoms with E-state index in [0.29, 0.717) is 6.04 Å². The minimum atomic E-state index is -0.0715. The van der Waals surface area contributed by atoms with Gasteiger partial charge in [-0.15, -0.1) is 0 Å². The number of aryl methyl sites for hydroxylation is 1. The Bertz CT molecular complexity index is 648. The number of nitrogens with zero attached hydrogens (tertiary/aromatic N) is 4. The zero-order valence-electron chi connectivity index (χ0n) is 17.0. The number of guanidine groups is 1. The third kappa shape index (κ3) is 3.47. The van der Waals surface area contributed by atoms with Crippen molar-refractivity contribution >= 4 is 5.96 Å². The third-order valence-electron chi connectivity index (χ3n) is 6.53. The predicted octanol–water partition coefficient (Wildman–Crippen LogP) is 1.88. The van der Waals surface area contributed by atoms with Crippen molar-refractivity contribution < 1.29 is 9.26 Å². The second-order valence-corrected chi connectivity index (χ2v) is 8.30. The van der Waals surface area contributed by atoms with Crippen LogP contribution < -0.4 is 5.32 Å². The molecule has 0 aromatic carbocycles. The highest BCUT2D eigenvalue weighted by molar-refractivity contribution is 5.80. The molecular formula is C19H33N5O2. The summed E-state index contributed by atoms with van der Waals surface area (Å²) >= 11 is 0. The lowest BCUT2D eigenvalue weighted by atomic mass is 9.56. The number of nitrogens with one attached hydrogen (secondary N) is 1. The Morgan fingerprint density at radius 2 is 2.04 bits per heavy atom. The fraction of sp³-hybridized carbons (Fsp3) is 0.789. The van der Waals surface area contributed by atoms with Crippen molar-refractivity contribution in [3.05, 3.63) is 17.5 Å². The van der Waals surface area contributed by atoms with Crippen LogP contribution in [0.4, 0.5) is 0 Å². The van der Waals surface area contributed by atoms with Crippen molar-refractivity contribution in [3.8, 4) is 0 Å². The molecule has 2 aliphatic rings. The minimum Gasteiger partial charge on any atom is -0.378 e. The van der Waals surface area contributed by atoms with Crippen LogP contribution >= 0.6 is 0 Å². The van der Waals surface area contributed by atoms with Crippen molar-refractivity contribution in [2.75, 3.05) is 40.3 Å². The first-order valence-corrected chi connectivity index (χ1v) is 9.47. The number of rotatable bonds is 4. The number of hydrogen-bond acceptors (Lipinski definition) is 5. The van der Waals surface area contributed by atoms with Gasteiger partial charge in [0.2, 0.25) is 0 Å². The molecule has 1 N–H and O–H groups in total. The molecule has 26 heavy (non-hydrogen) atoms. The van der Waals surface area contributed by atoms with Crippen molar-refractivity contribution in [3.63, 3.8) is 0 Å². The number of methoxy groups -OCH3 is 1. The van der Waals surface area contributed by atoms with Crippen LogP contribution in [0.3, 0.4) is 0 Å². The Morgan fingerprint density at radius 1 is 1.35 bits per heavy atom. The van der Waals surface area contributed by atoms with E-state index < -0.39 is 0 Å². The maximum absolute atomic E-state index is 5.74. The molecule has 0 bridgehead atoms. The van der Waals surface area contributed by atoms with E-state index in [1.165, 1.54) is 0 Å². The van der Waals surface area contributed by atoms with Gasteiger partial charge >= 0.3 is 0 Å². The van der Waals surface area contributed by atoms with Crippen molar-refractivity contribution in [2.45, 2.75) is 52.3 Å². The first-order valence-electron chi connectivity index (χ1n) is 9.47. The summed E-state index contributed by atoms with van der Waals surface area (Å²) in [4.78, 5) is 9.29. The van der Waals surface area contributed by atoms with Gasteiger partial charge in [0.1, 0.15) is 5.76 Å². The van der Waals surface area contributed by atoms with Gasteiger partial charge in [-0.3, -0.25) is 9.89 Å². The van der Waals surface area contributed by atoms with Crippen LogP contribution in [0.1, 0.15) is 38.6 Å². The van der Waals surface area contributed by atoms with Crippen LogP contribution in [0.5, 0.6) is 0 Å². The summed E-state index contributed by atoms with van der Waals surface area (Å²) in [5, 5.41) is 7.77. The van der Waals surface area contributed by atoms with Crippen LogP contribution in [0.15, 0.2) is 15.6 Å². The summed E-state index contributed by atoms with van der Waals surface area (Å²) in [6.45, 7) is 13.4. The van der Waals surface area contributed by atoms with Gasteiger partial charge in [-0.25, -0.2) is 0 Å². The normalized spacial score (nSPS) is 29.5. The van der Waals surface area contributed by atoms with Crippen molar-refractivity contribution in [2.24, 2.45) is 10.4 Å². The second-order valence-electron chi connectivity index (χ2n) is 8.30. The number of aliphatic imine (C=N–C) groups is 1. The quantitative estimate of drug-likeness (QED) is 0.651. The number of aromatic nitrogens is 1. The zero-order chi connectivity index (χ0) is 18.9. The van der Waals surface area contributed by atoms with Gasteiger partial charge in [-0.2, -0.15) is 0 Å². The summed E-state index contributed by atoms with van der Waals surface area (Å²) in [5.74, 6) is 1.87. The molecule has 1 aliphatic carbocycles.